The van der Waals surface area contributed by atoms with Gasteiger partial charge in [-0.05, 0) is 63.1 Å². The van der Waals surface area contributed by atoms with Crippen molar-refractivity contribution in [3.8, 4) is 0 Å². The van der Waals surface area contributed by atoms with Crippen LogP contribution in [0.1, 0.15) is 60.7 Å². The Bertz CT molecular complexity index is 1090. The first-order valence-electron chi connectivity index (χ1n) is 11.2. The van der Waals surface area contributed by atoms with Gasteiger partial charge in [0.1, 0.15) is 0 Å². The summed E-state index contributed by atoms with van der Waals surface area (Å²) in [4.78, 5) is 24.1. The lowest BCUT2D eigenvalue weighted by Gasteiger charge is -2.35. The molecule has 4 rings (SSSR count). The second-order valence-corrected chi connectivity index (χ2v) is 9.35. The van der Waals surface area contributed by atoms with Crippen LogP contribution in [0.2, 0.25) is 0 Å². The van der Waals surface area contributed by atoms with Crippen LogP contribution in [-0.2, 0) is 11.2 Å². The maximum Gasteiger partial charge on any atom is 0.253 e. The SMILES string of the molecule is CC[C@H]1CCCCN1C(=O)CSc1nc2nc(C)c(Cc3ccccc3C)c(C)n2n1. The molecule has 1 aliphatic heterocycles. The number of fused-ring (bicyclic) bond motifs is 1. The van der Waals surface area contributed by atoms with Crippen LogP contribution in [0.3, 0.4) is 0 Å². The number of hydrogen-bond acceptors (Lipinski definition) is 5. The molecule has 0 spiro atoms. The van der Waals surface area contributed by atoms with Crippen LogP contribution in [-0.4, -0.2) is 48.7 Å². The van der Waals surface area contributed by atoms with E-state index in [0.29, 0.717) is 22.7 Å². The van der Waals surface area contributed by atoms with E-state index < -0.39 is 0 Å². The lowest BCUT2D eigenvalue weighted by atomic mass is 9.99. The van der Waals surface area contributed by atoms with Crippen molar-refractivity contribution in [2.24, 2.45) is 0 Å². The standard InChI is InChI=1S/C24H31N5OS/c1-5-20-12-8-9-13-28(20)22(30)15-31-24-26-23-25-17(3)21(18(4)29(23)27-24)14-19-11-7-6-10-16(19)2/h6-7,10-11,20H,5,8-9,12-15H2,1-4H3/t20-/m0/s1. The number of amides is 1. The zero-order valence-electron chi connectivity index (χ0n) is 18.9. The summed E-state index contributed by atoms with van der Waals surface area (Å²) in [5, 5.41) is 5.28. The summed E-state index contributed by atoms with van der Waals surface area (Å²) in [6.45, 7) is 9.28. The predicted molar refractivity (Wildman–Crippen MR) is 125 cm³/mol. The quantitative estimate of drug-likeness (QED) is 0.531. The van der Waals surface area contributed by atoms with Crippen molar-refractivity contribution in [3.63, 3.8) is 0 Å². The number of likely N-dealkylation sites (tertiary alicyclic amines) is 1. The molecule has 1 aliphatic rings. The van der Waals surface area contributed by atoms with Crippen LogP contribution < -0.4 is 0 Å². The minimum absolute atomic E-state index is 0.191. The van der Waals surface area contributed by atoms with Crippen molar-refractivity contribution in [1.29, 1.82) is 0 Å². The van der Waals surface area contributed by atoms with Gasteiger partial charge >= 0.3 is 0 Å². The fourth-order valence-electron chi connectivity index (χ4n) is 4.47. The van der Waals surface area contributed by atoms with Crippen molar-refractivity contribution in [1.82, 2.24) is 24.5 Å². The van der Waals surface area contributed by atoms with E-state index in [2.05, 4.69) is 60.0 Å². The summed E-state index contributed by atoms with van der Waals surface area (Å²) in [5.41, 5.74) is 5.78. The van der Waals surface area contributed by atoms with Gasteiger partial charge in [0.2, 0.25) is 11.1 Å². The summed E-state index contributed by atoms with van der Waals surface area (Å²) >= 11 is 1.41. The highest BCUT2D eigenvalue weighted by Gasteiger charge is 2.25. The van der Waals surface area contributed by atoms with Crippen molar-refractivity contribution in [2.45, 2.75) is 71.0 Å². The fraction of sp³-hybridized carbons (Fsp3) is 0.500. The van der Waals surface area contributed by atoms with E-state index in [0.717, 1.165) is 43.6 Å². The number of piperidine rings is 1. The molecule has 1 aromatic carbocycles. The van der Waals surface area contributed by atoms with Gasteiger partial charge in [0, 0.05) is 30.4 Å². The first-order valence-corrected chi connectivity index (χ1v) is 12.2. The highest BCUT2D eigenvalue weighted by molar-refractivity contribution is 7.99. The number of aryl methyl sites for hydroxylation is 3. The van der Waals surface area contributed by atoms with E-state index in [9.17, 15) is 4.79 Å². The van der Waals surface area contributed by atoms with Crippen molar-refractivity contribution < 1.29 is 4.79 Å². The molecule has 0 unspecified atom stereocenters. The molecule has 1 amide bonds. The van der Waals surface area contributed by atoms with Gasteiger partial charge < -0.3 is 4.90 Å². The molecular weight excluding hydrogens is 406 g/mol. The number of carbonyl (C=O) groups is 1. The van der Waals surface area contributed by atoms with E-state index in [-0.39, 0.29) is 5.91 Å². The largest absolute Gasteiger partial charge is 0.339 e. The monoisotopic (exact) mass is 437 g/mol. The average molecular weight is 438 g/mol. The maximum atomic E-state index is 12.8. The van der Waals surface area contributed by atoms with Gasteiger partial charge in [-0.3, -0.25) is 4.79 Å². The van der Waals surface area contributed by atoms with Crippen molar-refractivity contribution in [3.05, 3.63) is 52.3 Å². The minimum Gasteiger partial charge on any atom is -0.339 e. The Morgan fingerprint density at radius 1 is 1.16 bits per heavy atom. The van der Waals surface area contributed by atoms with Gasteiger partial charge in [0.05, 0.1) is 5.75 Å². The van der Waals surface area contributed by atoms with Crippen LogP contribution >= 0.6 is 11.8 Å². The Hall–Kier alpha value is -2.41. The second-order valence-electron chi connectivity index (χ2n) is 8.40. The van der Waals surface area contributed by atoms with Gasteiger partial charge in [-0.2, -0.15) is 4.98 Å². The molecule has 0 radical (unpaired) electrons. The molecule has 0 aliphatic carbocycles. The second kappa shape index (κ2) is 9.39. The Morgan fingerprint density at radius 3 is 2.74 bits per heavy atom. The van der Waals surface area contributed by atoms with Crippen LogP contribution in [0.5, 0.6) is 0 Å². The summed E-state index contributed by atoms with van der Waals surface area (Å²) in [6, 6.07) is 8.82. The fourth-order valence-corrected chi connectivity index (χ4v) is 5.17. The lowest BCUT2D eigenvalue weighted by molar-refractivity contribution is -0.132. The summed E-state index contributed by atoms with van der Waals surface area (Å²) in [5.74, 6) is 1.17. The number of nitrogens with zero attached hydrogens (tertiary/aromatic N) is 5. The van der Waals surface area contributed by atoms with Gasteiger partial charge in [-0.1, -0.05) is 43.0 Å². The number of carbonyl (C=O) groups excluding carboxylic acids is 1. The maximum absolute atomic E-state index is 12.8. The van der Waals surface area contributed by atoms with E-state index in [1.54, 1.807) is 0 Å². The third-order valence-corrected chi connectivity index (χ3v) is 7.22. The first kappa shape index (κ1) is 21.8. The van der Waals surface area contributed by atoms with Crippen LogP contribution in [0.25, 0.3) is 5.78 Å². The number of hydrogen-bond donors (Lipinski definition) is 0. The van der Waals surface area contributed by atoms with Gasteiger partial charge in [0.15, 0.2) is 0 Å². The number of benzene rings is 1. The molecule has 0 N–H and O–H groups in total. The number of aromatic nitrogens is 4. The molecular formula is C24H31N5OS. The van der Waals surface area contributed by atoms with Crippen LogP contribution in [0, 0.1) is 20.8 Å². The zero-order valence-corrected chi connectivity index (χ0v) is 19.7. The van der Waals surface area contributed by atoms with Crippen molar-refractivity contribution in [2.75, 3.05) is 12.3 Å². The van der Waals surface area contributed by atoms with E-state index >= 15 is 0 Å². The van der Waals surface area contributed by atoms with E-state index in [1.807, 2.05) is 11.4 Å². The molecule has 0 saturated carbocycles. The lowest BCUT2D eigenvalue weighted by Crippen LogP contribution is -2.44. The molecule has 6 nitrogen and oxygen atoms in total. The topological polar surface area (TPSA) is 63.4 Å². The predicted octanol–water partition coefficient (Wildman–Crippen LogP) is 4.52. The number of rotatable bonds is 6. The first-order chi connectivity index (χ1) is 15.0. The van der Waals surface area contributed by atoms with Gasteiger partial charge in [0.25, 0.3) is 5.78 Å². The third-order valence-electron chi connectivity index (χ3n) is 6.40. The summed E-state index contributed by atoms with van der Waals surface area (Å²) in [6.07, 6.45) is 5.28. The van der Waals surface area contributed by atoms with E-state index in [1.165, 1.54) is 34.9 Å². The Balaban J connectivity index is 1.52. The molecule has 0 bridgehead atoms. The Labute approximate surface area is 188 Å². The third kappa shape index (κ3) is 4.61. The summed E-state index contributed by atoms with van der Waals surface area (Å²) in [7, 11) is 0. The summed E-state index contributed by atoms with van der Waals surface area (Å²) < 4.78 is 1.82. The minimum atomic E-state index is 0.191. The molecule has 3 heterocycles. The Kier molecular flexibility index (Phi) is 6.60. The smallest absolute Gasteiger partial charge is 0.253 e. The van der Waals surface area contributed by atoms with E-state index in [4.69, 9.17) is 4.98 Å². The van der Waals surface area contributed by atoms with Gasteiger partial charge in [-0.25, -0.2) is 9.50 Å². The highest BCUT2D eigenvalue weighted by Crippen LogP contribution is 2.24. The number of thioether (sulfide) groups is 1. The molecule has 164 valence electrons. The Morgan fingerprint density at radius 2 is 1.97 bits per heavy atom. The average Bonchev–Trinajstić information content (AvgIpc) is 3.19. The van der Waals surface area contributed by atoms with Crippen LogP contribution in [0.15, 0.2) is 29.4 Å². The zero-order chi connectivity index (χ0) is 22.0. The molecule has 1 saturated heterocycles. The highest BCUT2D eigenvalue weighted by atomic mass is 32.2. The van der Waals surface area contributed by atoms with Crippen molar-refractivity contribution >= 4 is 23.4 Å². The normalized spacial score (nSPS) is 16.8. The molecule has 7 heteroatoms. The molecule has 1 atom stereocenters. The van der Waals surface area contributed by atoms with Gasteiger partial charge in [-0.15, -0.1) is 5.10 Å². The molecule has 31 heavy (non-hydrogen) atoms. The molecule has 3 aromatic rings. The molecule has 1 fully saturated rings. The molecule has 2 aromatic heterocycles. The van der Waals surface area contributed by atoms with Crippen LogP contribution in [0.4, 0.5) is 0 Å².